The summed E-state index contributed by atoms with van der Waals surface area (Å²) in [5.74, 6) is 0.912. The molecule has 1 saturated heterocycles. The minimum atomic E-state index is -0.341. The molecule has 1 heterocycles. The van der Waals surface area contributed by atoms with Gasteiger partial charge in [-0.3, -0.25) is 10.1 Å². The van der Waals surface area contributed by atoms with Gasteiger partial charge in [-0.15, -0.1) is 0 Å². The third kappa shape index (κ3) is 3.47. The molecule has 0 radical (unpaired) electrons. The van der Waals surface area contributed by atoms with Crippen molar-refractivity contribution in [2.75, 3.05) is 6.54 Å². The SMILES string of the molecule is CCCCCN1C(=O)C(C)(CC)NC1CC(C)C. The Bertz CT molecular complexity index is 278. The highest BCUT2D eigenvalue weighted by Gasteiger charge is 2.46. The second-order valence-corrected chi connectivity index (χ2v) is 6.18. The highest BCUT2D eigenvalue weighted by Crippen LogP contribution is 2.27. The third-order valence-corrected chi connectivity index (χ3v) is 4.00. The normalized spacial score (nSPS) is 28.4. The van der Waals surface area contributed by atoms with Gasteiger partial charge in [0, 0.05) is 6.54 Å². The van der Waals surface area contributed by atoms with Gasteiger partial charge in [0.05, 0.1) is 11.7 Å². The van der Waals surface area contributed by atoms with Gasteiger partial charge in [0.25, 0.3) is 0 Å². The summed E-state index contributed by atoms with van der Waals surface area (Å²) in [5, 5.41) is 3.55. The van der Waals surface area contributed by atoms with Crippen LogP contribution in [0.25, 0.3) is 0 Å². The van der Waals surface area contributed by atoms with Crippen LogP contribution in [0, 0.1) is 5.92 Å². The summed E-state index contributed by atoms with van der Waals surface area (Å²) in [6.45, 7) is 11.7. The minimum Gasteiger partial charge on any atom is -0.326 e. The highest BCUT2D eigenvalue weighted by atomic mass is 16.2. The standard InChI is InChI=1S/C15H30N2O/c1-6-8-9-10-17-13(11-12(3)4)16-15(5,7-2)14(17)18/h12-13,16H,6-11H2,1-5H3. The number of nitrogens with zero attached hydrogens (tertiary/aromatic N) is 1. The first kappa shape index (κ1) is 15.5. The predicted octanol–water partition coefficient (Wildman–Crippen LogP) is 3.15. The second kappa shape index (κ2) is 6.55. The molecule has 0 spiro atoms. The van der Waals surface area contributed by atoms with E-state index in [1.54, 1.807) is 0 Å². The lowest BCUT2D eigenvalue weighted by Gasteiger charge is -2.25. The number of nitrogens with one attached hydrogen (secondary N) is 1. The van der Waals surface area contributed by atoms with Crippen LogP contribution < -0.4 is 5.32 Å². The average Bonchev–Trinajstić information content (AvgIpc) is 2.54. The van der Waals surface area contributed by atoms with E-state index >= 15 is 0 Å². The summed E-state index contributed by atoms with van der Waals surface area (Å²) in [6, 6.07) is 0. The summed E-state index contributed by atoms with van der Waals surface area (Å²) in [6.07, 6.45) is 5.69. The maximum absolute atomic E-state index is 12.5. The van der Waals surface area contributed by atoms with Crippen molar-refractivity contribution in [1.29, 1.82) is 0 Å². The second-order valence-electron chi connectivity index (χ2n) is 6.18. The van der Waals surface area contributed by atoms with E-state index in [9.17, 15) is 4.79 Å². The molecule has 1 N–H and O–H groups in total. The van der Waals surface area contributed by atoms with E-state index in [1.165, 1.54) is 12.8 Å². The molecule has 3 nitrogen and oxygen atoms in total. The van der Waals surface area contributed by atoms with Gasteiger partial charge < -0.3 is 4.90 Å². The van der Waals surface area contributed by atoms with E-state index in [0.717, 1.165) is 25.8 Å². The molecule has 0 saturated carbocycles. The van der Waals surface area contributed by atoms with Gasteiger partial charge >= 0.3 is 0 Å². The number of rotatable bonds is 7. The molecule has 1 aliphatic heterocycles. The number of hydrogen-bond acceptors (Lipinski definition) is 2. The van der Waals surface area contributed by atoms with Crippen LogP contribution in [0.1, 0.15) is 66.7 Å². The Balaban J connectivity index is 2.70. The number of unbranched alkanes of at least 4 members (excludes halogenated alkanes) is 2. The molecule has 1 fully saturated rings. The van der Waals surface area contributed by atoms with Crippen LogP contribution >= 0.6 is 0 Å². The average molecular weight is 254 g/mol. The van der Waals surface area contributed by atoms with Gasteiger partial charge in [-0.2, -0.15) is 0 Å². The van der Waals surface area contributed by atoms with Crippen molar-refractivity contribution in [2.24, 2.45) is 5.92 Å². The largest absolute Gasteiger partial charge is 0.326 e. The zero-order chi connectivity index (χ0) is 13.8. The molecule has 2 unspecified atom stereocenters. The van der Waals surface area contributed by atoms with Crippen molar-refractivity contribution in [3.05, 3.63) is 0 Å². The van der Waals surface area contributed by atoms with Gasteiger partial charge in [-0.05, 0) is 32.1 Å². The Hall–Kier alpha value is -0.570. The number of hydrogen-bond donors (Lipinski definition) is 1. The number of carbonyl (C=O) groups excluding carboxylic acids is 1. The topological polar surface area (TPSA) is 32.3 Å². The molecule has 0 aliphatic carbocycles. The molecule has 2 atom stereocenters. The van der Waals surface area contributed by atoms with Crippen molar-refractivity contribution in [1.82, 2.24) is 10.2 Å². The number of carbonyl (C=O) groups is 1. The van der Waals surface area contributed by atoms with E-state index < -0.39 is 0 Å². The van der Waals surface area contributed by atoms with Gasteiger partial charge in [0.1, 0.15) is 0 Å². The lowest BCUT2D eigenvalue weighted by molar-refractivity contribution is -0.133. The van der Waals surface area contributed by atoms with Crippen molar-refractivity contribution in [2.45, 2.75) is 78.4 Å². The fourth-order valence-electron chi connectivity index (χ4n) is 2.64. The van der Waals surface area contributed by atoms with Gasteiger partial charge in [0.15, 0.2) is 0 Å². The molecule has 0 aromatic heterocycles. The van der Waals surface area contributed by atoms with E-state index in [-0.39, 0.29) is 11.7 Å². The van der Waals surface area contributed by atoms with E-state index in [1.807, 2.05) is 6.92 Å². The van der Waals surface area contributed by atoms with E-state index in [4.69, 9.17) is 0 Å². The van der Waals surface area contributed by atoms with E-state index in [2.05, 4.69) is 37.9 Å². The Morgan fingerprint density at radius 3 is 2.50 bits per heavy atom. The van der Waals surface area contributed by atoms with Gasteiger partial charge in [-0.25, -0.2) is 0 Å². The van der Waals surface area contributed by atoms with Crippen LogP contribution in [-0.2, 0) is 4.79 Å². The Morgan fingerprint density at radius 1 is 1.33 bits per heavy atom. The number of amides is 1. The molecule has 18 heavy (non-hydrogen) atoms. The van der Waals surface area contributed by atoms with Crippen LogP contribution in [0.3, 0.4) is 0 Å². The molecule has 106 valence electrons. The van der Waals surface area contributed by atoms with Crippen molar-refractivity contribution < 1.29 is 4.79 Å². The lowest BCUT2D eigenvalue weighted by Crippen LogP contribution is -2.44. The monoisotopic (exact) mass is 254 g/mol. The Kier molecular flexibility index (Phi) is 5.64. The molecule has 1 rings (SSSR count). The summed E-state index contributed by atoms with van der Waals surface area (Å²) < 4.78 is 0. The zero-order valence-electron chi connectivity index (χ0n) is 12.8. The lowest BCUT2D eigenvalue weighted by atomic mass is 9.99. The highest BCUT2D eigenvalue weighted by molar-refractivity contribution is 5.88. The minimum absolute atomic E-state index is 0.235. The fourth-order valence-corrected chi connectivity index (χ4v) is 2.64. The van der Waals surface area contributed by atoms with Crippen molar-refractivity contribution >= 4 is 5.91 Å². The van der Waals surface area contributed by atoms with Crippen LogP contribution in [0.4, 0.5) is 0 Å². The molecule has 0 aromatic carbocycles. The summed E-state index contributed by atoms with van der Waals surface area (Å²) >= 11 is 0. The van der Waals surface area contributed by atoms with Gasteiger partial charge in [0.2, 0.25) is 5.91 Å². The first-order chi connectivity index (χ1) is 8.44. The Morgan fingerprint density at radius 2 is 2.00 bits per heavy atom. The maximum atomic E-state index is 12.5. The maximum Gasteiger partial charge on any atom is 0.243 e. The summed E-state index contributed by atoms with van der Waals surface area (Å²) in [7, 11) is 0. The van der Waals surface area contributed by atoms with Crippen LogP contribution in [0.15, 0.2) is 0 Å². The Labute approximate surface area is 112 Å². The molecular weight excluding hydrogens is 224 g/mol. The first-order valence-corrected chi connectivity index (χ1v) is 7.53. The van der Waals surface area contributed by atoms with Crippen LogP contribution in [0.2, 0.25) is 0 Å². The molecular formula is C15H30N2O. The molecule has 1 aliphatic rings. The first-order valence-electron chi connectivity index (χ1n) is 7.53. The van der Waals surface area contributed by atoms with Crippen LogP contribution in [-0.4, -0.2) is 29.1 Å². The molecule has 0 bridgehead atoms. The predicted molar refractivity (Wildman–Crippen MR) is 76.3 cm³/mol. The smallest absolute Gasteiger partial charge is 0.243 e. The quantitative estimate of drug-likeness (QED) is 0.708. The van der Waals surface area contributed by atoms with Crippen molar-refractivity contribution in [3.8, 4) is 0 Å². The van der Waals surface area contributed by atoms with Gasteiger partial charge in [-0.1, -0.05) is 40.5 Å². The molecule has 1 amide bonds. The molecule has 0 aromatic rings. The summed E-state index contributed by atoms with van der Waals surface area (Å²) in [5.41, 5.74) is -0.341. The van der Waals surface area contributed by atoms with E-state index in [0.29, 0.717) is 11.8 Å². The van der Waals surface area contributed by atoms with Crippen molar-refractivity contribution in [3.63, 3.8) is 0 Å². The zero-order valence-corrected chi connectivity index (χ0v) is 12.8. The van der Waals surface area contributed by atoms with Crippen LogP contribution in [0.5, 0.6) is 0 Å². The fraction of sp³-hybridized carbons (Fsp3) is 0.933. The third-order valence-electron chi connectivity index (χ3n) is 4.00. The molecule has 3 heteroatoms. The summed E-state index contributed by atoms with van der Waals surface area (Å²) in [4.78, 5) is 14.6.